The Kier molecular flexibility index (Phi) is 7.72. The van der Waals surface area contributed by atoms with Gasteiger partial charge in [-0.05, 0) is 48.3 Å². The van der Waals surface area contributed by atoms with Crippen molar-refractivity contribution in [1.29, 1.82) is 0 Å². The Hall–Kier alpha value is -1.40. The Bertz CT molecular complexity index is 514. The molecule has 134 valence electrons. The monoisotopic (exact) mass is 351 g/mol. The van der Waals surface area contributed by atoms with E-state index in [2.05, 4.69) is 40.9 Å². The standard InChI is InChI=1S/C18H29N3O2S/c1-3-20(4-2)16(15-9-11-24-14-15)12-19-17(22)13-21-10-7-5-6-8-18(21)23/h9,11,14,16H,3-8,10,12-13H2,1-2H3,(H,19,22). The van der Waals surface area contributed by atoms with E-state index >= 15 is 0 Å². The smallest absolute Gasteiger partial charge is 0.239 e. The van der Waals surface area contributed by atoms with Crippen molar-refractivity contribution in [2.45, 2.75) is 45.6 Å². The summed E-state index contributed by atoms with van der Waals surface area (Å²) in [6.07, 6.45) is 3.59. The molecule has 1 aliphatic rings. The van der Waals surface area contributed by atoms with E-state index in [0.29, 0.717) is 19.5 Å². The largest absolute Gasteiger partial charge is 0.353 e. The lowest BCUT2D eigenvalue weighted by atomic mass is 10.1. The van der Waals surface area contributed by atoms with Crippen molar-refractivity contribution in [3.63, 3.8) is 0 Å². The fourth-order valence-corrected chi connectivity index (χ4v) is 3.94. The summed E-state index contributed by atoms with van der Waals surface area (Å²) in [5.74, 6) is 0.0541. The molecule has 0 spiro atoms. The molecule has 1 fully saturated rings. The van der Waals surface area contributed by atoms with Crippen molar-refractivity contribution < 1.29 is 9.59 Å². The maximum Gasteiger partial charge on any atom is 0.239 e. The molecule has 24 heavy (non-hydrogen) atoms. The summed E-state index contributed by atoms with van der Waals surface area (Å²) in [4.78, 5) is 28.4. The molecule has 6 heteroatoms. The number of amides is 2. The minimum absolute atomic E-state index is 0.0577. The molecule has 1 aromatic heterocycles. The summed E-state index contributed by atoms with van der Waals surface area (Å²) in [6, 6.07) is 2.31. The first-order valence-corrected chi connectivity index (χ1v) is 9.90. The summed E-state index contributed by atoms with van der Waals surface area (Å²) in [6.45, 7) is 7.64. The van der Waals surface area contributed by atoms with Gasteiger partial charge in [-0.15, -0.1) is 0 Å². The van der Waals surface area contributed by atoms with E-state index in [1.165, 1.54) is 5.56 Å². The number of likely N-dealkylation sites (tertiary alicyclic amines) is 1. The van der Waals surface area contributed by atoms with Gasteiger partial charge in [-0.1, -0.05) is 20.3 Å². The zero-order chi connectivity index (χ0) is 17.4. The van der Waals surface area contributed by atoms with Crippen LogP contribution in [0.2, 0.25) is 0 Å². The fourth-order valence-electron chi connectivity index (χ4n) is 3.23. The topological polar surface area (TPSA) is 52.7 Å². The molecule has 5 nitrogen and oxygen atoms in total. The Morgan fingerprint density at radius 1 is 1.33 bits per heavy atom. The molecule has 1 unspecified atom stereocenters. The average molecular weight is 352 g/mol. The molecule has 0 saturated carbocycles. The van der Waals surface area contributed by atoms with E-state index in [9.17, 15) is 9.59 Å². The lowest BCUT2D eigenvalue weighted by Gasteiger charge is -2.30. The van der Waals surface area contributed by atoms with Crippen LogP contribution in [0.3, 0.4) is 0 Å². The predicted molar refractivity (Wildman–Crippen MR) is 98.0 cm³/mol. The molecular formula is C18H29N3O2S. The minimum atomic E-state index is -0.0577. The van der Waals surface area contributed by atoms with Crippen LogP contribution >= 0.6 is 11.3 Å². The van der Waals surface area contributed by atoms with Gasteiger partial charge in [0.15, 0.2) is 0 Å². The lowest BCUT2D eigenvalue weighted by molar-refractivity contribution is -0.135. The van der Waals surface area contributed by atoms with Crippen molar-refractivity contribution in [3.05, 3.63) is 22.4 Å². The Labute approximate surface area is 149 Å². The van der Waals surface area contributed by atoms with Crippen LogP contribution in [-0.2, 0) is 9.59 Å². The Morgan fingerprint density at radius 2 is 2.12 bits per heavy atom. The highest BCUT2D eigenvalue weighted by Gasteiger charge is 2.22. The molecule has 1 atom stereocenters. The highest BCUT2D eigenvalue weighted by Crippen LogP contribution is 2.22. The van der Waals surface area contributed by atoms with Gasteiger partial charge in [0.2, 0.25) is 11.8 Å². The number of hydrogen-bond donors (Lipinski definition) is 1. The molecule has 2 heterocycles. The van der Waals surface area contributed by atoms with Crippen molar-refractivity contribution in [3.8, 4) is 0 Å². The second-order valence-electron chi connectivity index (χ2n) is 6.22. The van der Waals surface area contributed by atoms with Gasteiger partial charge in [-0.25, -0.2) is 0 Å². The Balaban J connectivity index is 1.90. The highest BCUT2D eigenvalue weighted by molar-refractivity contribution is 7.07. The summed E-state index contributed by atoms with van der Waals surface area (Å²) in [7, 11) is 0. The minimum Gasteiger partial charge on any atom is -0.353 e. The summed E-state index contributed by atoms with van der Waals surface area (Å²) < 4.78 is 0. The predicted octanol–water partition coefficient (Wildman–Crippen LogP) is 2.65. The van der Waals surface area contributed by atoms with Gasteiger partial charge in [0.25, 0.3) is 0 Å². The van der Waals surface area contributed by atoms with Gasteiger partial charge in [0, 0.05) is 19.5 Å². The van der Waals surface area contributed by atoms with Crippen molar-refractivity contribution in [2.75, 3.05) is 32.7 Å². The fraction of sp³-hybridized carbons (Fsp3) is 0.667. The molecule has 1 aliphatic heterocycles. The quantitative estimate of drug-likeness (QED) is 0.783. The van der Waals surface area contributed by atoms with Crippen molar-refractivity contribution in [2.24, 2.45) is 0 Å². The third kappa shape index (κ3) is 5.31. The number of hydrogen-bond acceptors (Lipinski definition) is 4. The number of nitrogens with zero attached hydrogens (tertiary/aromatic N) is 2. The third-order valence-corrected chi connectivity index (χ3v) is 5.38. The van der Waals surface area contributed by atoms with E-state index in [1.807, 2.05) is 0 Å². The molecule has 0 aliphatic carbocycles. The molecule has 0 bridgehead atoms. The molecule has 1 saturated heterocycles. The molecule has 2 rings (SSSR count). The van der Waals surface area contributed by atoms with Crippen LogP contribution in [0.5, 0.6) is 0 Å². The first-order chi connectivity index (χ1) is 11.7. The number of rotatable bonds is 8. The van der Waals surface area contributed by atoms with Crippen molar-refractivity contribution in [1.82, 2.24) is 15.1 Å². The number of thiophene rings is 1. The van der Waals surface area contributed by atoms with E-state index in [-0.39, 0.29) is 24.4 Å². The van der Waals surface area contributed by atoms with E-state index in [1.54, 1.807) is 16.2 Å². The van der Waals surface area contributed by atoms with Gasteiger partial charge in [0.1, 0.15) is 0 Å². The third-order valence-electron chi connectivity index (χ3n) is 4.68. The maximum atomic E-state index is 12.3. The van der Waals surface area contributed by atoms with Gasteiger partial charge in [-0.2, -0.15) is 11.3 Å². The van der Waals surface area contributed by atoms with E-state index < -0.39 is 0 Å². The molecule has 2 amide bonds. The van der Waals surface area contributed by atoms with Crippen LogP contribution in [0.4, 0.5) is 0 Å². The van der Waals surface area contributed by atoms with E-state index in [4.69, 9.17) is 0 Å². The molecule has 0 aromatic carbocycles. The normalized spacial score (nSPS) is 17.0. The number of likely N-dealkylation sites (N-methyl/N-ethyl adjacent to an activating group) is 1. The zero-order valence-corrected chi connectivity index (χ0v) is 15.6. The van der Waals surface area contributed by atoms with Crippen LogP contribution in [0.25, 0.3) is 0 Å². The van der Waals surface area contributed by atoms with Crippen LogP contribution in [0.15, 0.2) is 16.8 Å². The van der Waals surface area contributed by atoms with Crippen LogP contribution in [0, 0.1) is 0 Å². The summed E-state index contributed by atoms with van der Waals surface area (Å²) in [5, 5.41) is 7.26. The van der Waals surface area contributed by atoms with Gasteiger partial charge < -0.3 is 10.2 Å². The number of nitrogens with one attached hydrogen (secondary N) is 1. The number of carbonyl (C=O) groups is 2. The van der Waals surface area contributed by atoms with E-state index in [0.717, 1.165) is 32.4 Å². The first-order valence-electron chi connectivity index (χ1n) is 8.96. The van der Waals surface area contributed by atoms with Crippen LogP contribution < -0.4 is 5.32 Å². The van der Waals surface area contributed by atoms with Crippen LogP contribution in [-0.4, -0.2) is 54.3 Å². The number of carbonyl (C=O) groups excluding carboxylic acids is 2. The van der Waals surface area contributed by atoms with Crippen molar-refractivity contribution >= 4 is 23.2 Å². The summed E-state index contributed by atoms with van der Waals surface area (Å²) >= 11 is 1.68. The molecule has 1 aromatic rings. The second kappa shape index (κ2) is 9.79. The molecular weight excluding hydrogens is 322 g/mol. The van der Waals surface area contributed by atoms with Gasteiger partial charge in [-0.3, -0.25) is 14.5 Å². The molecule has 1 N–H and O–H groups in total. The highest BCUT2D eigenvalue weighted by atomic mass is 32.1. The first kappa shape index (κ1) is 18.9. The van der Waals surface area contributed by atoms with Gasteiger partial charge in [0.05, 0.1) is 12.6 Å². The van der Waals surface area contributed by atoms with Gasteiger partial charge >= 0.3 is 0 Å². The molecule has 0 radical (unpaired) electrons. The lowest BCUT2D eigenvalue weighted by Crippen LogP contribution is -2.43. The van der Waals surface area contributed by atoms with Crippen LogP contribution in [0.1, 0.15) is 51.1 Å². The Morgan fingerprint density at radius 3 is 2.79 bits per heavy atom. The summed E-state index contributed by atoms with van der Waals surface area (Å²) in [5.41, 5.74) is 1.25. The SMILES string of the molecule is CCN(CC)C(CNC(=O)CN1CCCCCC1=O)c1ccsc1. The maximum absolute atomic E-state index is 12.3. The second-order valence-corrected chi connectivity index (χ2v) is 7.00. The zero-order valence-electron chi connectivity index (χ0n) is 14.8. The average Bonchev–Trinajstić information content (AvgIpc) is 3.03.